The fourth-order valence-corrected chi connectivity index (χ4v) is 3.55. The quantitative estimate of drug-likeness (QED) is 0.612. The molecule has 1 fully saturated rings. The van der Waals surface area contributed by atoms with E-state index in [1.807, 2.05) is 0 Å². The fourth-order valence-electron chi connectivity index (χ4n) is 2.27. The van der Waals surface area contributed by atoms with Crippen LogP contribution in [-0.4, -0.2) is 24.1 Å². The maximum absolute atomic E-state index is 3.70. The smallest absolute Gasteiger partial charge is 0.00388 e. The Morgan fingerprint density at radius 1 is 1.25 bits per heavy atom. The fraction of sp³-hybridized carbons (Fsp3) is 1.00. The molecule has 16 heavy (non-hydrogen) atoms. The summed E-state index contributed by atoms with van der Waals surface area (Å²) in [6.45, 7) is 5.88. The van der Waals surface area contributed by atoms with Gasteiger partial charge in [-0.2, -0.15) is 11.8 Å². The van der Waals surface area contributed by atoms with E-state index in [1.54, 1.807) is 0 Å². The third-order valence-corrected chi connectivity index (χ3v) is 4.75. The molecular weight excluding hydrogens is 214 g/mol. The van der Waals surface area contributed by atoms with Gasteiger partial charge in [-0.15, -0.1) is 0 Å². The first-order chi connectivity index (χ1) is 7.83. The van der Waals surface area contributed by atoms with Crippen LogP contribution in [0.5, 0.6) is 0 Å². The number of hydrogen-bond acceptors (Lipinski definition) is 2. The van der Waals surface area contributed by atoms with Crippen molar-refractivity contribution in [3.05, 3.63) is 0 Å². The van der Waals surface area contributed by atoms with E-state index in [9.17, 15) is 0 Å². The Bertz CT molecular complexity index is 155. The van der Waals surface area contributed by atoms with Gasteiger partial charge in [-0.05, 0) is 43.7 Å². The highest BCUT2D eigenvalue weighted by Crippen LogP contribution is 2.22. The molecule has 0 spiro atoms. The second-order valence-electron chi connectivity index (χ2n) is 5.24. The molecule has 96 valence electrons. The molecule has 2 atom stereocenters. The Hall–Kier alpha value is 0.310. The third kappa shape index (κ3) is 6.80. The van der Waals surface area contributed by atoms with Crippen LogP contribution in [-0.2, 0) is 0 Å². The first kappa shape index (κ1) is 14.4. The topological polar surface area (TPSA) is 12.0 Å². The monoisotopic (exact) mass is 243 g/mol. The zero-order valence-electron chi connectivity index (χ0n) is 11.1. The summed E-state index contributed by atoms with van der Waals surface area (Å²) in [5.41, 5.74) is 0. The largest absolute Gasteiger partial charge is 0.314 e. The molecule has 1 aliphatic rings. The zero-order chi connectivity index (χ0) is 11.6. The van der Waals surface area contributed by atoms with Crippen molar-refractivity contribution in [2.75, 3.05) is 18.1 Å². The molecular formula is C14H29NS. The van der Waals surface area contributed by atoms with E-state index in [1.165, 1.54) is 63.0 Å². The van der Waals surface area contributed by atoms with Crippen LogP contribution in [0.4, 0.5) is 0 Å². The maximum atomic E-state index is 3.70. The van der Waals surface area contributed by atoms with Crippen molar-refractivity contribution in [3.8, 4) is 0 Å². The molecule has 0 aromatic carbocycles. The summed E-state index contributed by atoms with van der Waals surface area (Å²) in [5.74, 6) is 3.72. The molecule has 0 aromatic heterocycles. The van der Waals surface area contributed by atoms with Crippen molar-refractivity contribution in [2.24, 2.45) is 5.92 Å². The number of hydrogen-bond donors (Lipinski definition) is 1. The van der Waals surface area contributed by atoms with Crippen LogP contribution in [0, 0.1) is 5.92 Å². The lowest BCUT2D eigenvalue weighted by molar-refractivity contribution is 0.435. The van der Waals surface area contributed by atoms with Crippen molar-refractivity contribution in [1.29, 1.82) is 0 Å². The molecule has 1 aliphatic heterocycles. The Kier molecular flexibility index (Phi) is 8.40. The van der Waals surface area contributed by atoms with Crippen molar-refractivity contribution in [3.63, 3.8) is 0 Å². The van der Waals surface area contributed by atoms with Crippen LogP contribution in [0.3, 0.4) is 0 Å². The van der Waals surface area contributed by atoms with Gasteiger partial charge in [0.15, 0.2) is 0 Å². The summed E-state index contributed by atoms with van der Waals surface area (Å²) in [7, 11) is 0. The number of rotatable bonds is 9. The summed E-state index contributed by atoms with van der Waals surface area (Å²) < 4.78 is 0. The second kappa shape index (κ2) is 9.35. The lowest BCUT2D eigenvalue weighted by Crippen LogP contribution is -2.31. The van der Waals surface area contributed by atoms with E-state index in [-0.39, 0.29) is 0 Å². The van der Waals surface area contributed by atoms with Gasteiger partial charge in [0.1, 0.15) is 0 Å². The number of nitrogens with one attached hydrogen (secondary N) is 1. The molecule has 0 radical (unpaired) electrons. The van der Waals surface area contributed by atoms with Crippen LogP contribution in [0.1, 0.15) is 58.8 Å². The third-order valence-electron chi connectivity index (χ3n) is 3.52. The number of unbranched alkanes of at least 4 members (excludes halogenated alkanes) is 4. The number of thioether (sulfide) groups is 1. The minimum absolute atomic E-state index is 0.729. The van der Waals surface area contributed by atoms with Gasteiger partial charge in [-0.25, -0.2) is 0 Å². The normalized spacial score (nSPS) is 22.5. The molecule has 1 saturated heterocycles. The SMILES string of the molecule is CCCCCCCC(C)NCC1CCSC1. The predicted octanol–water partition coefficient (Wildman–Crippen LogP) is 4.08. The van der Waals surface area contributed by atoms with Gasteiger partial charge < -0.3 is 5.32 Å². The molecule has 1 nitrogen and oxygen atoms in total. The molecule has 1 heterocycles. The molecule has 1 rings (SSSR count). The molecule has 1 N–H and O–H groups in total. The van der Waals surface area contributed by atoms with Gasteiger partial charge in [0.2, 0.25) is 0 Å². The van der Waals surface area contributed by atoms with Gasteiger partial charge in [-0.3, -0.25) is 0 Å². The van der Waals surface area contributed by atoms with Crippen LogP contribution in [0.15, 0.2) is 0 Å². The van der Waals surface area contributed by atoms with Gasteiger partial charge in [0.25, 0.3) is 0 Å². The van der Waals surface area contributed by atoms with E-state index < -0.39 is 0 Å². The molecule has 0 saturated carbocycles. The predicted molar refractivity (Wildman–Crippen MR) is 76.3 cm³/mol. The molecule has 0 aliphatic carbocycles. The molecule has 0 aromatic rings. The van der Waals surface area contributed by atoms with Crippen LogP contribution < -0.4 is 5.32 Å². The lowest BCUT2D eigenvalue weighted by atomic mass is 10.1. The van der Waals surface area contributed by atoms with Crippen LogP contribution in [0.25, 0.3) is 0 Å². The summed E-state index contributed by atoms with van der Waals surface area (Å²) in [5, 5.41) is 3.70. The zero-order valence-corrected chi connectivity index (χ0v) is 12.0. The van der Waals surface area contributed by atoms with Crippen molar-refractivity contribution >= 4 is 11.8 Å². The average molecular weight is 243 g/mol. The van der Waals surface area contributed by atoms with E-state index in [4.69, 9.17) is 0 Å². The second-order valence-corrected chi connectivity index (χ2v) is 6.39. The van der Waals surface area contributed by atoms with E-state index >= 15 is 0 Å². The summed E-state index contributed by atoms with van der Waals surface area (Å²) >= 11 is 2.12. The van der Waals surface area contributed by atoms with E-state index in [0.717, 1.165) is 12.0 Å². The Morgan fingerprint density at radius 2 is 2.06 bits per heavy atom. The van der Waals surface area contributed by atoms with Gasteiger partial charge in [-0.1, -0.05) is 39.0 Å². The molecule has 2 heteroatoms. The van der Waals surface area contributed by atoms with Crippen molar-refractivity contribution in [1.82, 2.24) is 5.32 Å². The highest BCUT2D eigenvalue weighted by molar-refractivity contribution is 7.99. The first-order valence-corrected chi connectivity index (χ1v) is 8.29. The Morgan fingerprint density at radius 3 is 2.75 bits per heavy atom. The van der Waals surface area contributed by atoms with Crippen molar-refractivity contribution < 1.29 is 0 Å². The standard InChI is InChI=1S/C14H29NS/c1-3-4-5-6-7-8-13(2)15-11-14-9-10-16-12-14/h13-15H,3-12H2,1-2H3. The Labute approximate surface area is 106 Å². The van der Waals surface area contributed by atoms with Crippen LogP contribution >= 0.6 is 11.8 Å². The van der Waals surface area contributed by atoms with Gasteiger partial charge >= 0.3 is 0 Å². The average Bonchev–Trinajstić information content (AvgIpc) is 2.79. The minimum atomic E-state index is 0.729. The maximum Gasteiger partial charge on any atom is 0.00388 e. The van der Waals surface area contributed by atoms with E-state index in [2.05, 4.69) is 30.9 Å². The Balaban J connectivity index is 1.87. The first-order valence-electron chi connectivity index (χ1n) is 7.14. The van der Waals surface area contributed by atoms with Gasteiger partial charge in [0.05, 0.1) is 0 Å². The minimum Gasteiger partial charge on any atom is -0.314 e. The molecule has 0 amide bonds. The summed E-state index contributed by atoms with van der Waals surface area (Å²) in [6, 6.07) is 0.729. The summed E-state index contributed by atoms with van der Waals surface area (Å²) in [4.78, 5) is 0. The lowest BCUT2D eigenvalue weighted by Gasteiger charge is -2.16. The highest BCUT2D eigenvalue weighted by atomic mass is 32.2. The van der Waals surface area contributed by atoms with Crippen LogP contribution in [0.2, 0.25) is 0 Å². The molecule has 0 bridgehead atoms. The molecule has 2 unspecified atom stereocenters. The van der Waals surface area contributed by atoms with Gasteiger partial charge in [0, 0.05) is 6.04 Å². The van der Waals surface area contributed by atoms with E-state index in [0.29, 0.717) is 0 Å². The summed E-state index contributed by atoms with van der Waals surface area (Å²) in [6.07, 6.45) is 9.84. The van der Waals surface area contributed by atoms with Crippen molar-refractivity contribution in [2.45, 2.75) is 64.8 Å². The highest BCUT2D eigenvalue weighted by Gasteiger charge is 2.15.